The molecule has 0 radical (unpaired) electrons. The van der Waals surface area contributed by atoms with Crippen LogP contribution in [0.4, 0.5) is 0 Å². The van der Waals surface area contributed by atoms with E-state index in [2.05, 4.69) is 10.3 Å². The molecule has 1 aliphatic heterocycles. The molecule has 3 aromatic rings. The van der Waals surface area contributed by atoms with Gasteiger partial charge in [-0.2, -0.15) is 4.31 Å². The van der Waals surface area contributed by atoms with Gasteiger partial charge in [-0.05, 0) is 61.7 Å². The zero-order chi connectivity index (χ0) is 23.4. The number of aromatic nitrogens is 2. The van der Waals surface area contributed by atoms with Crippen LogP contribution in [0.2, 0.25) is 0 Å². The molecule has 4 rings (SSSR count). The number of carbonyl (C=O) groups excluding carboxylic acids is 1. The SMILES string of the molecule is COc1ccc(S(=O)(=O)N2CCC(C(=O)NC(C)c3ccc(-n4ccnc4)cc3)CC2)cc1. The summed E-state index contributed by atoms with van der Waals surface area (Å²) in [5, 5.41) is 3.08. The smallest absolute Gasteiger partial charge is 0.243 e. The summed E-state index contributed by atoms with van der Waals surface area (Å²) in [6.07, 6.45) is 6.33. The van der Waals surface area contributed by atoms with Gasteiger partial charge in [0.2, 0.25) is 15.9 Å². The predicted molar refractivity (Wildman–Crippen MR) is 125 cm³/mol. The molecule has 1 atom stereocenters. The minimum Gasteiger partial charge on any atom is -0.497 e. The molecule has 9 heteroatoms. The molecule has 0 saturated carbocycles. The van der Waals surface area contributed by atoms with E-state index in [1.807, 2.05) is 42.0 Å². The third-order valence-corrected chi connectivity index (χ3v) is 7.99. The van der Waals surface area contributed by atoms with Crippen LogP contribution >= 0.6 is 0 Å². The maximum absolute atomic E-state index is 12.9. The molecule has 0 aliphatic carbocycles. The molecule has 1 N–H and O–H groups in total. The molecule has 1 unspecified atom stereocenters. The number of nitrogens with zero attached hydrogens (tertiary/aromatic N) is 3. The third-order valence-electron chi connectivity index (χ3n) is 6.08. The van der Waals surface area contributed by atoms with Crippen molar-refractivity contribution in [1.29, 1.82) is 0 Å². The first-order chi connectivity index (χ1) is 15.9. The van der Waals surface area contributed by atoms with Crippen molar-refractivity contribution in [2.24, 2.45) is 5.92 Å². The van der Waals surface area contributed by atoms with Gasteiger partial charge in [-0.25, -0.2) is 13.4 Å². The fourth-order valence-corrected chi connectivity index (χ4v) is 5.49. The second-order valence-corrected chi connectivity index (χ2v) is 10.1. The van der Waals surface area contributed by atoms with Crippen molar-refractivity contribution in [2.45, 2.75) is 30.7 Å². The van der Waals surface area contributed by atoms with E-state index in [9.17, 15) is 13.2 Å². The van der Waals surface area contributed by atoms with Crippen LogP contribution in [0.15, 0.2) is 72.1 Å². The summed E-state index contributed by atoms with van der Waals surface area (Å²) in [7, 11) is -2.05. The molecule has 2 heterocycles. The van der Waals surface area contributed by atoms with E-state index in [1.165, 1.54) is 11.4 Å². The van der Waals surface area contributed by atoms with Gasteiger partial charge in [0, 0.05) is 37.1 Å². The lowest BCUT2D eigenvalue weighted by Crippen LogP contribution is -2.43. The highest BCUT2D eigenvalue weighted by Gasteiger charge is 2.32. The van der Waals surface area contributed by atoms with Gasteiger partial charge < -0.3 is 14.6 Å². The number of carbonyl (C=O) groups is 1. The van der Waals surface area contributed by atoms with Crippen molar-refractivity contribution in [2.75, 3.05) is 20.2 Å². The summed E-state index contributed by atoms with van der Waals surface area (Å²) in [6.45, 7) is 2.59. The molecule has 0 spiro atoms. The van der Waals surface area contributed by atoms with Crippen molar-refractivity contribution in [3.63, 3.8) is 0 Å². The lowest BCUT2D eigenvalue weighted by Gasteiger charge is -2.31. The lowest BCUT2D eigenvalue weighted by molar-refractivity contribution is -0.126. The van der Waals surface area contributed by atoms with Crippen LogP contribution in [0.5, 0.6) is 5.75 Å². The Balaban J connectivity index is 1.32. The van der Waals surface area contributed by atoms with Gasteiger partial charge in [-0.1, -0.05) is 12.1 Å². The molecule has 8 nitrogen and oxygen atoms in total. The van der Waals surface area contributed by atoms with Crippen LogP contribution in [0, 0.1) is 5.92 Å². The second-order valence-electron chi connectivity index (χ2n) is 8.15. The highest BCUT2D eigenvalue weighted by Crippen LogP contribution is 2.26. The van der Waals surface area contributed by atoms with Gasteiger partial charge in [0.15, 0.2) is 0 Å². The van der Waals surface area contributed by atoms with Crippen LogP contribution in [0.25, 0.3) is 5.69 Å². The van der Waals surface area contributed by atoms with Crippen molar-refractivity contribution in [3.8, 4) is 11.4 Å². The first-order valence-corrected chi connectivity index (χ1v) is 12.4. The van der Waals surface area contributed by atoms with E-state index in [-0.39, 0.29) is 22.8 Å². The molecule has 1 saturated heterocycles. The Hall–Kier alpha value is -3.17. The Morgan fingerprint density at radius 1 is 1.09 bits per heavy atom. The average molecular weight is 469 g/mol. The van der Waals surface area contributed by atoms with Crippen molar-refractivity contribution < 1.29 is 17.9 Å². The van der Waals surface area contributed by atoms with Crippen LogP contribution in [0.3, 0.4) is 0 Å². The number of benzene rings is 2. The molecule has 0 bridgehead atoms. The van der Waals surface area contributed by atoms with Crippen LogP contribution in [0.1, 0.15) is 31.4 Å². The minimum absolute atomic E-state index is 0.0392. The van der Waals surface area contributed by atoms with Gasteiger partial charge in [0.25, 0.3) is 0 Å². The first kappa shape index (κ1) is 23.0. The molecule has 1 amide bonds. The molecule has 33 heavy (non-hydrogen) atoms. The fourth-order valence-electron chi connectivity index (χ4n) is 4.02. The van der Waals surface area contributed by atoms with Crippen LogP contribution in [-0.4, -0.2) is 48.4 Å². The van der Waals surface area contributed by atoms with Crippen LogP contribution in [-0.2, 0) is 14.8 Å². The standard InChI is InChI=1S/C24H28N4O4S/c1-18(19-3-5-21(6-4-19)27-16-13-25-17-27)26-24(29)20-11-14-28(15-12-20)33(30,31)23-9-7-22(32-2)8-10-23/h3-10,13,16-18,20H,11-12,14-15H2,1-2H3,(H,26,29). The van der Waals surface area contributed by atoms with Crippen molar-refractivity contribution >= 4 is 15.9 Å². The van der Waals surface area contributed by atoms with E-state index in [0.29, 0.717) is 31.7 Å². The molecular formula is C24H28N4O4S. The Kier molecular flexibility index (Phi) is 6.80. The highest BCUT2D eigenvalue weighted by molar-refractivity contribution is 7.89. The number of imidazole rings is 1. The van der Waals surface area contributed by atoms with E-state index in [4.69, 9.17) is 4.74 Å². The maximum Gasteiger partial charge on any atom is 0.243 e. The summed E-state index contributed by atoms with van der Waals surface area (Å²) >= 11 is 0. The zero-order valence-electron chi connectivity index (χ0n) is 18.7. The largest absolute Gasteiger partial charge is 0.497 e. The summed E-state index contributed by atoms with van der Waals surface area (Å²) in [4.78, 5) is 17.1. The van der Waals surface area contributed by atoms with E-state index < -0.39 is 10.0 Å². The normalized spacial score (nSPS) is 16.3. The number of hydrogen-bond donors (Lipinski definition) is 1. The highest BCUT2D eigenvalue weighted by atomic mass is 32.2. The number of hydrogen-bond acceptors (Lipinski definition) is 5. The molecular weight excluding hydrogens is 440 g/mol. The number of sulfonamides is 1. The summed E-state index contributed by atoms with van der Waals surface area (Å²) in [5.74, 6) is 0.359. The molecule has 174 valence electrons. The quantitative estimate of drug-likeness (QED) is 0.575. The topological polar surface area (TPSA) is 93.5 Å². The monoisotopic (exact) mass is 468 g/mol. The van der Waals surface area contributed by atoms with Crippen molar-refractivity contribution in [1.82, 2.24) is 19.2 Å². The van der Waals surface area contributed by atoms with Crippen LogP contribution < -0.4 is 10.1 Å². The van der Waals surface area contributed by atoms with Crippen molar-refractivity contribution in [3.05, 3.63) is 72.8 Å². The Morgan fingerprint density at radius 3 is 2.33 bits per heavy atom. The predicted octanol–water partition coefficient (Wildman–Crippen LogP) is 3.16. The maximum atomic E-state index is 12.9. The molecule has 1 aliphatic rings. The summed E-state index contributed by atoms with van der Waals surface area (Å²) in [6, 6.07) is 14.2. The van der Waals surface area contributed by atoms with Gasteiger partial charge in [0.05, 0.1) is 24.4 Å². The summed E-state index contributed by atoms with van der Waals surface area (Å²) < 4.78 is 34.3. The van der Waals surface area contributed by atoms with E-state index in [1.54, 1.807) is 36.8 Å². The van der Waals surface area contributed by atoms with E-state index >= 15 is 0 Å². The second kappa shape index (κ2) is 9.76. The number of amides is 1. The van der Waals surface area contributed by atoms with Gasteiger partial charge in [-0.3, -0.25) is 4.79 Å². The van der Waals surface area contributed by atoms with Gasteiger partial charge >= 0.3 is 0 Å². The molecule has 1 fully saturated rings. The molecule has 1 aromatic heterocycles. The third kappa shape index (κ3) is 5.09. The molecule has 2 aromatic carbocycles. The Labute approximate surface area is 194 Å². The number of rotatable bonds is 7. The average Bonchev–Trinajstić information content (AvgIpc) is 3.39. The number of methoxy groups -OCH3 is 1. The van der Waals surface area contributed by atoms with E-state index in [0.717, 1.165) is 11.3 Å². The zero-order valence-corrected chi connectivity index (χ0v) is 19.5. The Morgan fingerprint density at radius 2 is 1.76 bits per heavy atom. The number of nitrogens with one attached hydrogen (secondary N) is 1. The lowest BCUT2D eigenvalue weighted by atomic mass is 9.96. The number of ether oxygens (including phenoxy) is 1. The van der Waals surface area contributed by atoms with Gasteiger partial charge in [0.1, 0.15) is 5.75 Å². The minimum atomic E-state index is -3.59. The van der Waals surface area contributed by atoms with Gasteiger partial charge in [-0.15, -0.1) is 0 Å². The number of piperidine rings is 1. The fraction of sp³-hybridized carbons (Fsp3) is 0.333. The summed E-state index contributed by atoms with van der Waals surface area (Å²) in [5.41, 5.74) is 2.01. The first-order valence-electron chi connectivity index (χ1n) is 10.9. The Bertz CT molecular complexity index is 1170.